The van der Waals surface area contributed by atoms with Gasteiger partial charge in [-0.25, -0.2) is 8.42 Å². The average Bonchev–Trinajstić information content (AvgIpc) is 3.16. The molecule has 7 nitrogen and oxygen atoms in total. The molecule has 1 saturated heterocycles. The van der Waals surface area contributed by atoms with Crippen molar-refractivity contribution in [2.24, 2.45) is 0 Å². The van der Waals surface area contributed by atoms with Crippen molar-refractivity contribution in [1.82, 2.24) is 19.4 Å². The molecule has 3 heterocycles. The van der Waals surface area contributed by atoms with Crippen LogP contribution in [0.25, 0.3) is 11.4 Å². The van der Waals surface area contributed by atoms with E-state index in [0.29, 0.717) is 29.7 Å². The largest absolute Gasteiger partial charge is 0.339 e. The number of hydrogen-bond acceptors (Lipinski definition) is 6. The van der Waals surface area contributed by atoms with E-state index in [-0.39, 0.29) is 5.92 Å². The molecule has 2 aliphatic rings. The maximum absolute atomic E-state index is 13.0. The Morgan fingerprint density at radius 2 is 1.89 bits per heavy atom. The predicted octanol–water partition coefficient (Wildman–Crippen LogP) is 2.80. The Bertz CT molecular complexity index is 1110. The van der Waals surface area contributed by atoms with E-state index in [0.717, 1.165) is 24.8 Å². The summed E-state index contributed by atoms with van der Waals surface area (Å²) in [4.78, 5) is 8.84. The lowest BCUT2D eigenvalue weighted by Crippen LogP contribution is -2.48. The lowest BCUT2D eigenvalue weighted by Gasteiger charge is -2.36. The van der Waals surface area contributed by atoms with E-state index in [9.17, 15) is 8.42 Å². The van der Waals surface area contributed by atoms with Gasteiger partial charge in [-0.05, 0) is 61.1 Å². The summed E-state index contributed by atoms with van der Waals surface area (Å²) in [5, 5.41) is 3.99. The summed E-state index contributed by atoms with van der Waals surface area (Å²) in [7, 11) is -3.49. The lowest BCUT2D eigenvalue weighted by molar-refractivity contribution is 0.217. The van der Waals surface area contributed by atoms with Gasteiger partial charge in [-0.2, -0.15) is 9.29 Å². The molecule has 0 N–H and O–H groups in total. The van der Waals surface area contributed by atoms with Crippen LogP contribution in [-0.4, -0.2) is 40.9 Å². The summed E-state index contributed by atoms with van der Waals surface area (Å²) < 4.78 is 32.7. The molecule has 8 heteroatoms. The molecule has 3 aromatic rings. The number of sulfonamides is 1. The van der Waals surface area contributed by atoms with Gasteiger partial charge in [0.15, 0.2) is 0 Å². The summed E-state index contributed by atoms with van der Waals surface area (Å²) in [6.07, 6.45) is 7.65. The molecular weight excluding hydrogens is 376 g/mol. The van der Waals surface area contributed by atoms with Gasteiger partial charge in [0, 0.05) is 31.0 Å². The normalized spacial score (nSPS) is 17.9. The summed E-state index contributed by atoms with van der Waals surface area (Å²) in [6.45, 7) is 0.710. The first kappa shape index (κ1) is 17.5. The van der Waals surface area contributed by atoms with Gasteiger partial charge >= 0.3 is 0 Å². The molecule has 144 valence electrons. The van der Waals surface area contributed by atoms with E-state index < -0.39 is 10.0 Å². The third kappa shape index (κ3) is 3.02. The predicted molar refractivity (Wildman–Crippen MR) is 102 cm³/mol. The van der Waals surface area contributed by atoms with Crippen LogP contribution in [0.1, 0.15) is 35.8 Å². The average molecular weight is 396 g/mol. The molecular formula is C20H20N4O3S. The monoisotopic (exact) mass is 396 g/mol. The fraction of sp³-hybridized carbons (Fsp3) is 0.350. The maximum Gasteiger partial charge on any atom is 0.243 e. The van der Waals surface area contributed by atoms with Gasteiger partial charge in [-0.3, -0.25) is 4.98 Å². The number of pyridine rings is 1. The minimum absolute atomic E-state index is 0.0784. The van der Waals surface area contributed by atoms with Crippen LogP contribution >= 0.6 is 0 Å². The molecule has 0 atom stereocenters. The molecule has 0 amide bonds. The van der Waals surface area contributed by atoms with Crippen LogP contribution in [0, 0.1) is 0 Å². The fourth-order valence-electron chi connectivity index (χ4n) is 3.82. The van der Waals surface area contributed by atoms with Gasteiger partial charge in [0.2, 0.25) is 21.7 Å². The second kappa shape index (κ2) is 6.79. The SMILES string of the molecule is O=S(=O)(c1ccc2c(c1)CCCC2)N1CC(c2nc(-c3cccnc3)no2)C1. The van der Waals surface area contributed by atoms with E-state index in [2.05, 4.69) is 15.1 Å². The number of fused-ring (bicyclic) bond motifs is 1. The summed E-state index contributed by atoms with van der Waals surface area (Å²) in [5.41, 5.74) is 3.22. The minimum Gasteiger partial charge on any atom is -0.339 e. The van der Waals surface area contributed by atoms with Crippen molar-refractivity contribution in [3.63, 3.8) is 0 Å². The maximum atomic E-state index is 13.0. The molecule has 5 rings (SSSR count). The molecule has 0 unspecified atom stereocenters. The van der Waals surface area contributed by atoms with Crippen molar-refractivity contribution in [3.05, 3.63) is 59.7 Å². The second-order valence-corrected chi connectivity index (χ2v) is 9.29. The van der Waals surface area contributed by atoms with Gasteiger partial charge in [0.25, 0.3) is 0 Å². The van der Waals surface area contributed by atoms with Crippen LogP contribution in [0.15, 0.2) is 52.1 Å². The highest BCUT2D eigenvalue weighted by atomic mass is 32.2. The summed E-state index contributed by atoms with van der Waals surface area (Å²) in [6, 6.07) is 9.22. The third-order valence-corrected chi connectivity index (χ3v) is 7.34. The van der Waals surface area contributed by atoms with Crippen LogP contribution in [0.2, 0.25) is 0 Å². The van der Waals surface area contributed by atoms with Crippen LogP contribution in [0.4, 0.5) is 0 Å². The smallest absolute Gasteiger partial charge is 0.243 e. The molecule has 2 aromatic heterocycles. The Balaban J connectivity index is 1.31. The molecule has 0 bridgehead atoms. The standard InChI is InChI=1S/C20H20N4O3S/c25-28(26,18-8-7-14-4-1-2-5-15(14)10-18)24-12-17(13-24)20-22-19(23-27-20)16-6-3-9-21-11-16/h3,6-11,17H,1-2,4-5,12-13H2. The highest BCUT2D eigenvalue weighted by molar-refractivity contribution is 7.89. The first-order chi connectivity index (χ1) is 13.6. The zero-order chi connectivity index (χ0) is 19.1. The molecule has 1 aromatic carbocycles. The quantitative estimate of drug-likeness (QED) is 0.674. The van der Waals surface area contributed by atoms with Crippen molar-refractivity contribution < 1.29 is 12.9 Å². The molecule has 0 radical (unpaired) electrons. The number of benzene rings is 1. The van der Waals surface area contributed by atoms with Crippen LogP contribution in [0.3, 0.4) is 0 Å². The Labute approximate surface area is 163 Å². The highest BCUT2D eigenvalue weighted by Gasteiger charge is 2.40. The summed E-state index contributed by atoms with van der Waals surface area (Å²) in [5.74, 6) is 0.861. The number of nitrogens with zero attached hydrogens (tertiary/aromatic N) is 4. The van der Waals surface area contributed by atoms with Crippen LogP contribution < -0.4 is 0 Å². The van der Waals surface area contributed by atoms with Gasteiger partial charge in [0.05, 0.1) is 10.8 Å². The lowest BCUT2D eigenvalue weighted by atomic mass is 9.92. The Morgan fingerprint density at radius 3 is 2.68 bits per heavy atom. The Hall–Kier alpha value is -2.58. The number of hydrogen-bond donors (Lipinski definition) is 0. The second-order valence-electron chi connectivity index (χ2n) is 7.35. The van der Waals surface area contributed by atoms with Crippen molar-refractivity contribution in [1.29, 1.82) is 0 Å². The molecule has 0 spiro atoms. The third-order valence-electron chi connectivity index (χ3n) is 5.52. The zero-order valence-electron chi connectivity index (χ0n) is 15.3. The number of rotatable bonds is 4. The van der Waals surface area contributed by atoms with E-state index in [1.807, 2.05) is 24.3 Å². The molecule has 28 heavy (non-hydrogen) atoms. The Morgan fingerprint density at radius 1 is 1.07 bits per heavy atom. The number of aromatic nitrogens is 3. The highest BCUT2D eigenvalue weighted by Crippen LogP contribution is 2.33. The van der Waals surface area contributed by atoms with Crippen molar-refractivity contribution in [2.75, 3.05) is 13.1 Å². The van der Waals surface area contributed by atoms with Gasteiger partial charge < -0.3 is 4.52 Å². The minimum atomic E-state index is -3.49. The van der Waals surface area contributed by atoms with Gasteiger partial charge in [-0.15, -0.1) is 0 Å². The molecule has 1 aliphatic heterocycles. The van der Waals surface area contributed by atoms with E-state index >= 15 is 0 Å². The topological polar surface area (TPSA) is 89.2 Å². The fourth-order valence-corrected chi connectivity index (χ4v) is 5.40. The first-order valence-electron chi connectivity index (χ1n) is 9.47. The van der Waals surface area contributed by atoms with Crippen LogP contribution in [0.5, 0.6) is 0 Å². The van der Waals surface area contributed by atoms with E-state index in [1.54, 1.807) is 18.5 Å². The van der Waals surface area contributed by atoms with Crippen LogP contribution in [-0.2, 0) is 22.9 Å². The van der Waals surface area contributed by atoms with E-state index in [1.165, 1.54) is 21.9 Å². The van der Waals surface area contributed by atoms with Crippen molar-refractivity contribution in [3.8, 4) is 11.4 Å². The number of aryl methyl sites for hydroxylation is 2. The van der Waals surface area contributed by atoms with Crippen molar-refractivity contribution in [2.45, 2.75) is 36.5 Å². The molecule has 1 fully saturated rings. The van der Waals surface area contributed by atoms with Gasteiger partial charge in [0.1, 0.15) is 0 Å². The van der Waals surface area contributed by atoms with Crippen molar-refractivity contribution >= 4 is 10.0 Å². The zero-order valence-corrected chi connectivity index (χ0v) is 16.1. The van der Waals surface area contributed by atoms with Gasteiger partial charge in [-0.1, -0.05) is 11.2 Å². The molecule has 1 aliphatic carbocycles. The Kier molecular flexibility index (Phi) is 4.25. The van der Waals surface area contributed by atoms with E-state index in [4.69, 9.17) is 4.52 Å². The molecule has 0 saturated carbocycles. The first-order valence-corrected chi connectivity index (χ1v) is 10.9. The summed E-state index contributed by atoms with van der Waals surface area (Å²) >= 11 is 0.